The number of ether oxygens (including phenoxy) is 1. The lowest BCUT2D eigenvalue weighted by Gasteiger charge is -2.12. The summed E-state index contributed by atoms with van der Waals surface area (Å²) in [5, 5.41) is 14.0. The maximum Gasteiger partial charge on any atom is 0.338 e. The van der Waals surface area contributed by atoms with Gasteiger partial charge in [0.25, 0.3) is 15.7 Å². The van der Waals surface area contributed by atoms with E-state index in [1.807, 2.05) is 0 Å². The van der Waals surface area contributed by atoms with E-state index in [2.05, 4.69) is 21.0 Å². The highest BCUT2D eigenvalue weighted by Crippen LogP contribution is 2.34. The maximum absolute atomic E-state index is 12.5. The molecule has 0 fully saturated rings. The van der Waals surface area contributed by atoms with Gasteiger partial charge in [-0.3, -0.25) is 10.1 Å². The first-order valence-corrected chi connectivity index (χ1v) is 8.30. The number of carbonyl (C=O) groups excluding carboxylic acids is 1. The predicted molar refractivity (Wildman–Crippen MR) is 92.5 cm³/mol. The lowest BCUT2D eigenvalue weighted by Crippen LogP contribution is -2.14. The maximum atomic E-state index is 12.5. The number of hydrogen-bond donors (Lipinski definition) is 1. The molecule has 136 valence electrons. The van der Waals surface area contributed by atoms with E-state index in [4.69, 9.17) is 0 Å². The van der Waals surface area contributed by atoms with E-state index >= 15 is 0 Å². The number of methoxy groups -OCH3 is 1. The van der Waals surface area contributed by atoms with Crippen LogP contribution in [0.1, 0.15) is 10.4 Å². The van der Waals surface area contributed by atoms with Gasteiger partial charge in [-0.25, -0.2) is 4.79 Å². The van der Waals surface area contributed by atoms with Crippen LogP contribution in [0.15, 0.2) is 34.1 Å². The number of sulfonamides is 1. The molecule has 10 nitrogen and oxygen atoms in total. The van der Waals surface area contributed by atoms with Gasteiger partial charge in [-0.15, -0.1) is 11.0 Å². The average molecular weight is 370 g/mol. The molecule has 0 aliphatic rings. The molecule has 0 atom stereocenters. The number of nitro benzene ring substituents is 1. The molecular formula is C14H18N4O6S. The first kappa shape index (κ1) is 20.1. The molecule has 1 rings (SSSR count). The van der Waals surface area contributed by atoms with Gasteiger partial charge in [0, 0.05) is 26.7 Å². The molecule has 1 aromatic rings. The highest BCUT2D eigenvalue weighted by Gasteiger charge is 2.28. The molecule has 0 saturated heterocycles. The average Bonchev–Trinajstić information content (AvgIpc) is 2.56. The van der Waals surface area contributed by atoms with Crippen molar-refractivity contribution >= 4 is 33.7 Å². The molecule has 0 aromatic heterocycles. The number of rotatable bonds is 8. The van der Waals surface area contributed by atoms with Crippen molar-refractivity contribution in [2.45, 2.75) is 4.90 Å². The molecule has 0 saturated carbocycles. The zero-order valence-corrected chi connectivity index (χ0v) is 14.7. The van der Waals surface area contributed by atoms with Crippen LogP contribution >= 0.6 is 0 Å². The van der Waals surface area contributed by atoms with Crippen LogP contribution in [0.4, 0.5) is 11.4 Å². The van der Waals surface area contributed by atoms with Crippen molar-refractivity contribution in [2.24, 2.45) is 4.40 Å². The second-order valence-electron chi connectivity index (χ2n) is 4.95. The van der Waals surface area contributed by atoms with Crippen molar-refractivity contribution in [1.82, 2.24) is 4.90 Å². The monoisotopic (exact) mass is 370 g/mol. The van der Waals surface area contributed by atoms with Crippen molar-refractivity contribution in [3.63, 3.8) is 0 Å². The standard InChI is InChI=1S/C14H18N4O6S/c1-5-6-15-13-11(18(20)21)7-10(14(19)24-4)8-12(13)25(22,23)16-9-17(2)3/h5,7-9,15H,1,6H2,2-4H3. The Hall–Kier alpha value is -2.95. The molecule has 25 heavy (non-hydrogen) atoms. The third-order valence-corrected chi connectivity index (χ3v) is 4.07. The SMILES string of the molecule is C=CCNc1c([N+](=O)[O-])cc(C(=O)OC)cc1S(=O)(=O)N=CN(C)C. The van der Waals surface area contributed by atoms with Gasteiger partial charge >= 0.3 is 5.97 Å². The molecule has 0 aliphatic heterocycles. The first-order valence-electron chi connectivity index (χ1n) is 6.86. The van der Waals surface area contributed by atoms with Crippen molar-refractivity contribution < 1.29 is 22.9 Å². The van der Waals surface area contributed by atoms with Crippen LogP contribution in [0, 0.1) is 10.1 Å². The fourth-order valence-corrected chi connectivity index (χ4v) is 2.89. The van der Waals surface area contributed by atoms with E-state index in [1.165, 1.54) is 11.0 Å². The lowest BCUT2D eigenvalue weighted by molar-refractivity contribution is -0.384. The van der Waals surface area contributed by atoms with Crippen molar-refractivity contribution in [1.29, 1.82) is 0 Å². The molecule has 0 amide bonds. The molecule has 0 radical (unpaired) electrons. The van der Waals surface area contributed by atoms with Gasteiger partial charge in [0.1, 0.15) is 16.9 Å². The van der Waals surface area contributed by atoms with E-state index in [0.717, 1.165) is 25.6 Å². The summed E-state index contributed by atoms with van der Waals surface area (Å²) in [7, 11) is -0.121. The number of esters is 1. The van der Waals surface area contributed by atoms with Crippen LogP contribution in [-0.4, -0.2) is 58.3 Å². The third kappa shape index (κ3) is 5.01. The molecule has 1 N–H and O–H groups in total. The van der Waals surface area contributed by atoms with Gasteiger partial charge in [-0.05, 0) is 6.07 Å². The zero-order chi connectivity index (χ0) is 19.2. The Bertz CT molecular complexity index is 817. The van der Waals surface area contributed by atoms with Crippen LogP contribution in [0.2, 0.25) is 0 Å². The Balaban J connectivity index is 3.75. The summed E-state index contributed by atoms with van der Waals surface area (Å²) in [4.78, 5) is 23.1. The number of anilines is 1. The van der Waals surface area contributed by atoms with Crippen LogP contribution in [0.25, 0.3) is 0 Å². The van der Waals surface area contributed by atoms with E-state index in [-0.39, 0.29) is 17.8 Å². The lowest BCUT2D eigenvalue weighted by atomic mass is 10.1. The van der Waals surface area contributed by atoms with E-state index in [0.29, 0.717) is 0 Å². The summed E-state index contributed by atoms with van der Waals surface area (Å²) >= 11 is 0. The highest BCUT2D eigenvalue weighted by molar-refractivity contribution is 7.90. The molecule has 0 heterocycles. The second-order valence-corrected chi connectivity index (χ2v) is 6.55. The summed E-state index contributed by atoms with van der Waals surface area (Å²) < 4.78 is 33.0. The summed E-state index contributed by atoms with van der Waals surface area (Å²) in [6.45, 7) is 3.54. The number of benzene rings is 1. The number of hydrogen-bond acceptors (Lipinski definition) is 7. The molecule has 1 aromatic carbocycles. The number of carbonyl (C=O) groups is 1. The summed E-state index contributed by atoms with van der Waals surface area (Å²) in [6.07, 6.45) is 2.43. The first-order chi connectivity index (χ1) is 11.6. The van der Waals surface area contributed by atoms with Crippen LogP contribution in [0.5, 0.6) is 0 Å². The largest absolute Gasteiger partial charge is 0.465 e. The summed E-state index contributed by atoms with van der Waals surface area (Å²) in [5.74, 6) is -0.911. The molecule has 0 spiro atoms. The molecule has 11 heteroatoms. The summed E-state index contributed by atoms with van der Waals surface area (Å²) in [5.41, 5.74) is -1.16. The molecule has 0 aliphatic carbocycles. The quantitative estimate of drug-likeness (QED) is 0.181. The van der Waals surface area contributed by atoms with Gasteiger partial charge in [0.2, 0.25) is 0 Å². The Morgan fingerprint density at radius 2 is 2.12 bits per heavy atom. The summed E-state index contributed by atoms with van der Waals surface area (Å²) in [6, 6.07) is 1.92. The smallest absolute Gasteiger partial charge is 0.338 e. The topological polar surface area (TPSA) is 131 Å². The predicted octanol–water partition coefficient (Wildman–Crippen LogP) is 1.26. The van der Waals surface area contributed by atoms with Gasteiger partial charge < -0.3 is 15.0 Å². The minimum atomic E-state index is -4.32. The Morgan fingerprint density at radius 3 is 2.60 bits per heavy atom. The minimum Gasteiger partial charge on any atom is -0.465 e. The van der Waals surface area contributed by atoms with Gasteiger partial charge in [-0.1, -0.05) is 6.08 Å². The van der Waals surface area contributed by atoms with E-state index < -0.39 is 31.5 Å². The number of nitrogens with zero attached hydrogens (tertiary/aromatic N) is 3. The fraction of sp³-hybridized carbons (Fsp3) is 0.286. The Kier molecular flexibility index (Phi) is 6.62. The minimum absolute atomic E-state index is 0.0678. The van der Waals surface area contributed by atoms with Crippen LogP contribution in [0.3, 0.4) is 0 Å². The number of nitro groups is 1. The third-order valence-electron chi connectivity index (χ3n) is 2.82. The van der Waals surface area contributed by atoms with Crippen LogP contribution < -0.4 is 5.32 Å². The zero-order valence-electron chi connectivity index (χ0n) is 13.9. The molecular weight excluding hydrogens is 352 g/mol. The highest BCUT2D eigenvalue weighted by atomic mass is 32.2. The number of nitrogens with one attached hydrogen (secondary N) is 1. The van der Waals surface area contributed by atoms with Gasteiger partial charge in [0.05, 0.1) is 17.6 Å². The van der Waals surface area contributed by atoms with Crippen molar-refractivity contribution in [2.75, 3.05) is 33.1 Å². The molecule has 0 bridgehead atoms. The Morgan fingerprint density at radius 1 is 1.48 bits per heavy atom. The van der Waals surface area contributed by atoms with Crippen LogP contribution in [-0.2, 0) is 14.8 Å². The van der Waals surface area contributed by atoms with Crippen molar-refractivity contribution in [3.05, 3.63) is 40.5 Å². The Labute approximate surface area is 145 Å². The van der Waals surface area contributed by atoms with E-state index in [1.54, 1.807) is 14.1 Å². The second kappa shape index (κ2) is 8.24. The normalized spacial score (nSPS) is 11.2. The molecule has 0 unspecified atom stereocenters. The van der Waals surface area contributed by atoms with Gasteiger partial charge in [-0.2, -0.15) is 8.42 Å². The van der Waals surface area contributed by atoms with E-state index in [9.17, 15) is 23.3 Å². The van der Waals surface area contributed by atoms with Gasteiger partial charge in [0.15, 0.2) is 0 Å². The van der Waals surface area contributed by atoms with Crippen molar-refractivity contribution in [3.8, 4) is 0 Å². The fourth-order valence-electron chi connectivity index (χ4n) is 1.75.